The lowest BCUT2D eigenvalue weighted by Gasteiger charge is -2.28. The zero-order chi connectivity index (χ0) is 20.9. The lowest BCUT2D eigenvalue weighted by molar-refractivity contribution is -0.161. The lowest BCUT2D eigenvalue weighted by Crippen LogP contribution is -2.51. The maximum atomic E-state index is 13.0. The van der Waals surface area contributed by atoms with Crippen LogP contribution in [0.25, 0.3) is 0 Å². The number of carbonyl (C=O) groups is 3. The molecule has 0 bridgehead atoms. The number of benzene rings is 2. The highest BCUT2D eigenvalue weighted by Gasteiger charge is 2.49. The Balaban J connectivity index is 1.68. The van der Waals surface area contributed by atoms with Gasteiger partial charge in [0.1, 0.15) is 0 Å². The van der Waals surface area contributed by atoms with Crippen LogP contribution in [0.4, 0.5) is 0 Å². The topological polar surface area (TPSA) is 105 Å². The van der Waals surface area contributed by atoms with E-state index in [2.05, 4.69) is 23.3 Å². The second-order valence-electron chi connectivity index (χ2n) is 6.72. The third kappa shape index (κ3) is 4.84. The summed E-state index contributed by atoms with van der Waals surface area (Å²) < 4.78 is 5.62. The van der Waals surface area contributed by atoms with E-state index in [9.17, 15) is 19.5 Å². The number of ether oxygens (including phenoxy) is 1. The Labute approximate surface area is 173 Å². The molecule has 0 spiro atoms. The molecule has 1 saturated heterocycles. The number of rotatable bonds is 8. The number of thiol groups is 1. The summed E-state index contributed by atoms with van der Waals surface area (Å²) in [5, 5.41) is 14.1. The molecule has 152 valence electrons. The molecule has 1 aliphatic rings. The highest BCUT2D eigenvalue weighted by atomic mass is 32.1. The van der Waals surface area contributed by atoms with Gasteiger partial charge >= 0.3 is 5.97 Å². The standard InChI is InChI=1S/C21H22N2O5S/c24-18(13-22-19(25)17(29)11-14-7-3-1-4-8-14)21(15-9-5-2-6-10-15)23-12-16(28-21)20(26)27/h1-10,16-17,23,29H,11-13H2,(H,22,25)(H,26,27). The van der Waals surface area contributed by atoms with Crippen LogP contribution in [0.1, 0.15) is 11.1 Å². The van der Waals surface area contributed by atoms with Crippen LogP contribution >= 0.6 is 12.6 Å². The number of ketones is 1. The third-order valence-corrected chi connectivity index (χ3v) is 5.12. The van der Waals surface area contributed by atoms with Gasteiger partial charge in [-0.2, -0.15) is 12.6 Å². The Morgan fingerprint density at radius 1 is 1.14 bits per heavy atom. The fourth-order valence-corrected chi connectivity index (χ4v) is 3.48. The second-order valence-corrected chi connectivity index (χ2v) is 7.34. The number of aliphatic carboxylic acids is 1. The monoisotopic (exact) mass is 414 g/mol. The van der Waals surface area contributed by atoms with Crippen LogP contribution in [-0.4, -0.2) is 47.2 Å². The second kappa shape index (κ2) is 9.21. The van der Waals surface area contributed by atoms with E-state index in [0.717, 1.165) is 5.56 Å². The molecule has 3 N–H and O–H groups in total. The summed E-state index contributed by atoms with van der Waals surface area (Å²) in [7, 11) is 0. The van der Waals surface area contributed by atoms with Crippen LogP contribution in [-0.2, 0) is 31.3 Å². The molecule has 1 heterocycles. The number of hydrogen-bond donors (Lipinski definition) is 4. The lowest BCUT2D eigenvalue weighted by atomic mass is 9.98. The average molecular weight is 414 g/mol. The SMILES string of the molecule is O=C(NCC(=O)C1(c2ccccc2)NCC(C(=O)O)O1)C(S)Cc1ccccc1. The van der Waals surface area contributed by atoms with E-state index in [1.165, 1.54) is 0 Å². The molecule has 1 aliphatic heterocycles. The number of hydrogen-bond acceptors (Lipinski definition) is 6. The maximum absolute atomic E-state index is 13.0. The van der Waals surface area contributed by atoms with Gasteiger partial charge < -0.3 is 15.2 Å². The van der Waals surface area contributed by atoms with Crippen molar-refractivity contribution in [3.05, 3.63) is 71.8 Å². The average Bonchev–Trinajstić information content (AvgIpc) is 3.20. The van der Waals surface area contributed by atoms with Crippen molar-refractivity contribution in [3.63, 3.8) is 0 Å². The van der Waals surface area contributed by atoms with Crippen LogP contribution in [0.15, 0.2) is 60.7 Å². The smallest absolute Gasteiger partial charge is 0.334 e. The maximum Gasteiger partial charge on any atom is 0.334 e. The predicted molar refractivity (Wildman–Crippen MR) is 110 cm³/mol. The molecule has 0 aliphatic carbocycles. The van der Waals surface area contributed by atoms with Crippen molar-refractivity contribution in [2.45, 2.75) is 23.5 Å². The number of amides is 1. The minimum Gasteiger partial charge on any atom is -0.479 e. The van der Waals surface area contributed by atoms with Crippen molar-refractivity contribution in [1.29, 1.82) is 0 Å². The van der Waals surface area contributed by atoms with Crippen molar-refractivity contribution in [1.82, 2.24) is 10.6 Å². The molecule has 1 amide bonds. The molecule has 0 radical (unpaired) electrons. The first-order chi connectivity index (χ1) is 13.9. The van der Waals surface area contributed by atoms with Gasteiger partial charge in [0.05, 0.1) is 11.8 Å². The fourth-order valence-electron chi connectivity index (χ4n) is 3.18. The fraction of sp³-hybridized carbons (Fsp3) is 0.286. The van der Waals surface area contributed by atoms with Gasteiger partial charge in [0.15, 0.2) is 6.10 Å². The van der Waals surface area contributed by atoms with Gasteiger partial charge in [-0.3, -0.25) is 14.9 Å². The normalized spacial score (nSPS) is 22.0. The van der Waals surface area contributed by atoms with Gasteiger partial charge in [-0.25, -0.2) is 4.79 Å². The van der Waals surface area contributed by atoms with Crippen LogP contribution in [0.5, 0.6) is 0 Å². The molecule has 7 nitrogen and oxygen atoms in total. The van der Waals surface area contributed by atoms with Crippen LogP contribution in [0.3, 0.4) is 0 Å². The summed E-state index contributed by atoms with van der Waals surface area (Å²) >= 11 is 4.33. The number of Topliss-reactive ketones (excluding diaryl/α,β-unsaturated/α-hetero) is 1. The van der Waals surface area contributed by atoms with E-state index in [0.29, 0.717) is 12.0 Å². The molecule has 3 atom stereocenters. The van der Waals surface area contributed by atoms with Gasteiger partial charge in [-0.1, -0.05) is 60.7 Å². The highest BCUT2D eigenvalue weighted by molar-refractivity contribution is 7.81. The van der Waals surface area contributed by atoms with Gasteiger partial charge in [0.2, 0.25) is 17.4 Å². The molecule has 2 aromatic carbocycles. The predicted octanol–water partition coefficient (Wildman–Crippen LogP) is 1.14. The van der Waals surface area contributed by atoms with E-state index in [1.54, 1.807) is 30.3 Å². The summed E-state index contributed by atoms with van der Waals surface area (Å²) in [6.07, 6.45) is -0.741. The van der Waals surface area contributed by atoms with E-state index in [-0.39, 0.29) is 19.0 Å². The number of nitrogens with one attached hydrogen (secondary N) is 2. The molecule has 8 heteroatoms. The Kier molecular flexibility index (Phi) is 6.68. The Morgan fingerprint density at radius 3 is 2.34 bits per heavy atom. The van der Waals surface area contributed by atoms with E-state index < -0.39 is 28.8 Å². The Morgan fingerprint density at radius 2 is 1.76 bits per heavy atom. The molecular formula is C21H22N2O5S. The number of carboxylic acids is 1. The van der Waals surface area contributed by atoms with Gasteiger partial charge in [-0.05, 0) is 12.0 Å². The zero-order valence-corrected chi connectivity index (χ0v) is 16.5. The molecule has 0 saturated carbocycles. The first kappa shape index (κ1) is 21.0. The summed E-state index contributed by atoms with van der Waals surface area (Å²) in [4.78, 5) is 36.7. The number of carbonyl (C=O) groups excluding carboxylic acids is 2. The minimum absolute atomic E-state index is 0.0207. The largest absolute Gasteiger partial charge is 0.479 e. The molecule has 29 heavy (non-hydrogen) atoms. The first-order valence-electron chi connectivity index (χ1n) is 9.16. The van der Waals surface area contributed by atoms with E-state index in [4.69, 9.17) is 4.74 Å². The van der Waals surface area contributed by atoms with Crippen molar-refractivity contribution >= 4 is 30.3 Å². The molecule has 0 aromatic heterocycles. The van der Waals surface area contributed by atoms with Crippen molar-refractivity contribution in [2.75, 3.05) is 13.1 Å². The van der Waals surface area contributed by atoms with Crippen molar-refractivity contribution in [2.24, 2.45) is 0 Å². The molecule has 1 fully saturated rings. The number of carboxylic acid groups (broad SMARTS) is 1. The van der Waals surface area contributed by atoms with Crippen LogP contribution in [0, 0.1) is 0 Å². The van der Waals surface area contributed by atoms with Gasteiger partial charge in [0, 0.05) is 12.1 Å². The summed E-state index contributed by atoms with van der Waals surface area (Å²) in [5.41, 5.74) is -0.183. The molecule has 3 unspecified atom stereocenters. The molecular weight excluding hydrogens is 392 g/mol. The Bertz CT molecular complexity index is 877. The van der Waals surface area contributed by atoms with Crippen LogP contribution < -0.4 is 10.6 Å². The Hall–Kier alpha value is -2.68. The van der Waals surface area contributed by atoms with E-state index >= 15 is 0 Å². The zero-order valence-electron chi connectivity index (χ0n) is 15.6. The summed E-state index contributed by atoms with van der Waals surface area (Å²) in [6.45, 7) is -0.341. The summed E-state index contributed by atoms with van der Waals surface area (Å²) in [5.74, 6) is -2.03. The van der Waals surface area contributed by atoms with Gasteiger partial charge in [0.25, 0.3) is 0 Å². The quantitative estimate of drug-likeness (QED) is 0.483. The first-order valence-corrected chi connectivity index (χ1v) is 9.68. The molecule has 2 aromatic rings. The van der Waals surface area contributed by atoms with Crippen molar-refractivity contribution < 1.29 is 24.2 Å². The minimum atomic E-state index is -1.62. The van der Waals surface area contributed by atoms with Gasteiger partial charge in [-0.15, -0.1) is 0 Å². The van der Waals surface area contributed by atoms with E-state index in [1.807, 2.05) is 30.3 Å². The van der Waals surface area contributed by atoms with Crippen LogP contribution in [0.2, 0.25) is 0 Å². The molecule has 3 rings (SSSR count). The summed E-state index contributed by atoms with van der Waals surface area (Å²) in [6, 6.07) is 18.0. The van der Waals surface area contributed by atoms with Crippen molar-refractivity contribution in [3.8, 4) is 0 Å². The third-order valence-electron chi connectivity index (χ3n) is 4.70. The highest BCUT2D eigenvalue weighted by Crippen LogP contribution is 2.30.